The van der Waals surface area contributed by atoms with Gasteiger partial charge in [-0.15, -0.1) is 0 Å². The Morgan fingerprint density at radius 1 is 1.00 bits per heavy atom. The van der Waals surface area contributed by atoms with Gasteiger partial charge in [0.1, 0.15) is 0 Å². The molecule has 0 radical (unpaired) electrons. The lowest BCUT2D eigenvalue weighted by Crippen LogP contribution is -2.60. The largest absolute Gasteiger partial charge is 0.299 e. The maximum Gasteiger partial charge on any atom is 0.299 e. The van der Waals surface area contributed by atoms with Crippen LogP contribution >= 0.6 is 0 Å². The summed E-state index contributed by atoms with van der Waals surface area (Å²) in [4.78, 5) is 20.2. The van der Waals surface area contributed by atoms with Crippen molar-refractivity contribution >= 4 is 20.2 Å². The zero-order valence-electron chi connectivity index (χ0n) is 9.21. The average molecular weight is 333 g/mol. The van der Waals surface area contributed by atoms with Crippen LogP contribution in [0.2, 0.25) is 0 Å². The van der Waals surface area contributed by atoms with Gasteiger partial charge in [0.15, 0.2) is 5.03 Å². The van der Waals surface area contributed by atoms with Crippen LogP contribution in [0.3, 0.4) is 0 Å². The Hall–Kier alpha value is -1.84. The van der Waals surface area contributed by atoms with Crippen LogP contribution in [-0.4, -0.2) is 57.7 Å². The zero-order chi connectivity index (χ0) is 15.9. The van der Waals surface area contributed by atoms with Crippen LogP contribution in [-0.2, 0) is 20.2 Å². The van der Waals surface area contributed by atoms with Gasteiger partial charge in [0, 0.05) is 4.92 Å². The van der Waals surface area contributed by atoms with E-state index in [0.717, 1.165) is 0 Å². The molecule has 3 unspecified atom stereocenters. The number of hydrogen-bond donors (Lipinski definition) is 2. The molecule has 3 atom stereocenters. The molecule has 0 aromatic heterocycles. The van der Waals surface area contributed by atoms with E-state index in [9.17, 15) is 37.1 Å². The third-order valence-corrected chi connectivity index (χ3v) is 4.42. The van der Waals surface area contributed by atoms with Crippen molar-refractivity contribution in [3.05, 3.63) is 32.4 Å². The fraction of sp³-hybridized carbons (Fsp3) is 0.600. The smallest absolute Gasteiger partial charge is 0.284 e. The normalized spacial score (nSPS) is 27.3. The molecule has 1 heterocycles. The molecule has 2 N–H and O–H groups in total. The molecule has 13 nitrogen and oxygen atoms in total. The third-order valence-electron chi connectivity index (χ3n) is 2.33. The summed E-state index contributed by atoms with van der Waals surface area (Å²) in [6.07, 6.45) is 0.810. The van der Waals surface area contributed by atoms with E-state index in [2.05, 4.69) is 0 Å². The lowest BCUT2D eigenvalue weighted by molar-refractivity contribution is -0.673. The first-order valence-corrected chi connectivity index (χ1v) is 7.55. The second kappa shape index (κ2) is 4.93. The van der Waals surface area contributed by atoms with Gasteiger partial charge >= 0.3 is 0 Å². The Balaban J connectivity index is 3.58. The van der Waals surface area contributed by atoms with Gasteiger partial charge in [-0.05, 0) is 12.2 Å². The summed E-state index contributed by atoms with van der Waals surface area (Å²) in [6, 6.07) is -2.28. The summed E-state index contributed by atoms with van der Waals surface area (Å²) in [7, 11) is -10.6. The SMILES string of the molecule is O=[N+]([O-])C1C=CC(S(=O)(=O)O)N([N+](=O)[O-])C1S(=O)(=O)O. The van der Waals surface area contributed by atoms with Gasteiger partial charge < -0.3 is 0 Å². The molecule has 0 aromatic rings. The van der Waals surface area contributed by atoms with E-state index in [1.165, 1.54) is 0 Å². The quantitative estimate of drug-likeness (QED) is 0.252. The predicted octanol–water partition coefficient (Wildman–Crippen LogP) is -1.88. The Morgan fingerprint density at radius 3 is 1.80 bits per heavy atom. The molecule has 1 aliphatic rings. The number of rotatable bonds is 4. The highest BCUT2D eigenvalue weighted by molar-refractivity contribution is 7.87. The number of nitro groups is 2. The molecule has 15 heteroatoms. The Labute approximate surface area is 111 Å². The molecule has 0 bridgehead atoms. The first-order valence-electron chi connectivity index (χ1n) is 4.54. The summed E-state index contributed by atoms with van der Waals surface area (Å²) in [5, 5.41) is 13.9. The highest BCUT2D eigenvalue weighted by Crippen LogP contribution is 2.25. The molecule has 1 rings (SSSR count). The molecule has 0 saturated heterocycles. The van der Waals surface area contributed by atoms with Crippen molar-refractivity contribution in [2.24, 2.45) is 0 Å². The Kier molecular flexibility index (Phi) is 3.99. The molecule has 0 fully saturated rings. The van der Waals surface area contributed by atoms with Crippen LogP contribution in [0.5, 0.6) is 0 Å². The van der Waals surface area contributed by atoms with Gasteiger partial charge in [-0.3, -0.25) is 19.2 Å². The lowest BCUT2D eigenvalue weighted by atomic mass is 10.2. The zero-order valence-corrected chi connectivity index (χ0v) is 10.8. The van der Waals surface area contributed by atoms with Crippen molar-refractivity contribution in [3.63, 3.8) is 0 Å². The molecule has 1 aliphatic heterocycles. The van der Waals surface area contributed by atoms with E-state index in [1.807, 2.05) is 0 Å². The fourth-order valence-corrected chi connectivity index (χ4v) is 3.47. The third kappa shape index (κ3) is 3.00. The van der Waals surface area contributed by atoms with Crippen molar-refractivity contribution in [2.45, 2.75) is 16.8 Å². The molecule has 0 spiro atoms. The van der Waals surface area contributed by atoms with Crippen molar-refractivity contribution < 1.29 is 35.9 Å². The van der Waals surface area contributed by atoms with Crippen molar-refractivity contribution in [1.29, 1.82) is 0 Å². The maximum absolute atomic E-state index is 11.1. The second-order valence-electron chi connectivity index (χ2n) is 3.59. The van der Waals surface area contributed by atoms with Crippen LogP contribution < -0.4 is 0 Å². The Bertz CT molecular complexity index is 665. The summed E-state index contributed by atoms with van der Waals surface area (Å²) < 4.78 is 61.8. The topological polar surface area (TPSA) is 198 Å². The van der Waals surface area contributed by atoms with Crippen molar-refractivity contribution in [1.82, 2.24) is 5.01 Å². The first-order chi connectivity index (χ1) is 8.87. The van der Waals surface area contributed by atoms with Crippen LogP contribution in [0.15, 0.2) is 12.2 Å². The Morgan fingerprint density at radius 2 is 1.50 bits per heavy atom. The van der Waals surface area contributed by atoms with E-state index in [1.54, 1.807) is 0 Å². The molecular weight excluding hydrogens is 326 g/mol. The summed E-state index contributed by atoms with van der Waals surface area (Å²) in [5.74, 6) is 0. The highest BCUT2D eigenvalue weighted by Gasteiger charge is 2.57. The average Bonchev–Trinajstić information content (AvgIpc) is 2.24. The van der Waals surface area contributed by atoms with E-state index >= 15 is 0 Å². The minimum atomic E-state index is -5.39. The summed E-state index contributed by atoms with van der Waals surface area (Å²) >= 11 is 0. The van der Waals surface area contributed by atoms with Crippen molar-refractivity contribution in [3.8, 4) is 0 Å². The van der Waals surface area contributed by atoms with Crippen LogP contribution in [0.25, 0.3) is 0 Å². The molecular formula is C5H7N3O10S2. The van der Waals surface area contributed by atoms with Gasteiger partial charge in [0.05, 0.1) is 0 Å². The highest BCUT2D eigenvalue weighted by atomic mass is 32.2. The molecule has 0 aliphatic carbocycles. The van der Waals surface area contributed by atoms with Crippen LogP contribution in [0.1, 0.15) is 0 Å². The first kappa shape index (κ1) is 16.2. The van der Waals surface area contributed by atoms with E-state index < -0.39 is 52.0 Å². The van der Waals surface area contributed by atoms with E-state index in [0.29, 0.717) is 12.2 Å². The van der Waals surface area contributed by atoms with Crippen molar-refractivity contribution in [2.75, 3.05) is 0 Å². The number of nitrogens with zero attached hydrogens (tertiary/aromatic N) is 3. The maximum atomic E-state index is 11.1. The second-order valence-corrected chi connectivity index (χ2v) is 6.62. The van der Waals surface area contributed by atoms with Gasteiger partial charge in [-0.2, -0.15) is 16.8 Å². The molecule has 0 amide bonds. The molecule has 0 aromatic carbocycles. The summed E-state index contributed by atoms with van der Waals surface area (Å²) in [5.41, 5.74) is 0. The molecule has 20 heavy (non-hydrogen) atoms. The fourth-order valence-electron chi connectivity index (χ4n) is 1.60. The van der Waals surface area contributed by atoms with E-state index in [-0.39, 0.29) is 0 Å². The number of hydrogen-bond acceptors (Lipinski definition) is 8. The standard InChI is InChI=1S/C5H7N3O10S2/c9-7(10)3-1-2-4(19(13,14)15)6(8(11)12)5(3)20(16,17)18/h1-5H,(H,13,14,15)(H,16,17,18). The predicted molar refractivity (Wildman–Crippen MR) is 59.4 cm³/mol. The monoisotopic (exact) mass is 333 g/mol. The minimum Gasteiger partial charge on any atom is -0.284 e. The lowest BCUT2D eigenvalue weighted by Gasteiger charge is -2.29. The molecule has 114 valence electrons. The van der Waals surface area contributed by atoms with Gasteiger partial charge in [-0.1, -0.05) is 5.01 Å². The van der Waals surface area contributed by atoms with Gasteiger partial charge in [-0.25, -0.2) is 10.1 Å². The summed E-state index contributed by atoms with van der Waals surface area (Å²) in [6.45, 7) is 0. The van der Waals surface area contributed by atoms with Gasteiger partial charge in [0.2, 0.25) is 5.37 Å². The van der Waals surface area contributed by atoms with Crippen LogP contribution in [0.4, 0.5) is 0 Å². The molecule has 0 saturated carbocycles. The number of hydrazine groups is 1. The minimum absolute atomic E-state index is 0.382. The van der Waals surface area contributed by atoms with Gasteiger partial charge in [0.25, 0.3) is 31.7 Å². The van der Waals surface area contributed by atoms with Crippen LogP contribution in [0, 0.1) is 20.2 Å². The van der Waals surface area contributed by atoms with E-state index in [4.69, 9.17) is 9.11 Å².